The Morgan fingerprint density at radius 2 is 1.52 bits per heavy atom. The number of hydrogen-bond donors (Lipinski definition) is 2. The average molecular weight is 773 g/mol. The summed E-state index contributed by atoms with van der Waals surface area (Å²) in [6, 6.07) is 25.0. The number of imide groups is 1. The second-order valence-corrected chi connectivity index (χ2v) is 13.6. The second-order valence-electron chi connectivity index (χ2n) is 13.6. The van der Waals surface area contributed by atoms with Gasteiger partial charge in [-0.15, -0.1) is 20.4 Å². The first kappa shape index (κ1) is 36.9. The summed E-state index contributed by atoms with van der Waals surface area (Å²) in [5, 5.41) is 23.5. The van der Waals surface area contributed by atoms with Crippen molar-refractivity contribution >= 4 is 51.7 Å². The maximum absolute atomic E-state index is 14.2. The van der Waals surface area contributed by atoms with Crippen LogP contribution in [0.2, 0.25) is 0 Å². The van der Waals surface area contributed by atoms with Gasteiger partial charge in [0, 0.05) is 72.3 Å². The Balaban J connectivity index is 1.09. The lowest BCUT2D eigenvalue weighted by Gasteiger charge is -2.21. The number of anilines is 3. The number of carbonyl (C=O) groups excluding carboxylic acids is 4. The van der Waals surface area contributed by atoms with Crippen molar-refractivity contribution in [1.82, 2.24) is 40.3 Å². The number of nitrogens with one attached hydrogen (secondary N) is 2. The van der Waals surface area contributed by atoms with Crippen LogP contribution in [0.5, 0.6) is 0 Å². The van der Waals surface area contributed by atoms with Crippen LogP contribution in [-0.2, 0) is 14.4 Å². The van der Waals surface area contributed by atoms with Gasteiger partial charge >= 0.3 is 0 Å². The van der Waals surface area contributed by atoms with Gasteiger partial charge in [0.05, 0.1) is 30.2 Å². The van der Waals surface area contributed by atoms with E-state index in [9.17, 15) is 19.2 Å². The molecule has 0 spiro atoms. The van der Waals surface area contributed by atoms with Crippen LogP contribution in [0.4, 0.5) is 17.1 Å². The predicted octanol–water partition coefficient (Wildman–Crippen LogP) is 3.80. The first-order valence-electron chi connectivity index (χ1n) is 18.0. The van der Waals surface area contributed by atoms with Gasteiger partial charge in [0.1, 0.15) is 36.8 Å². The van der Waals surface area contributed by atoms with E-state index in [1.165, 1.54) is 24.4 Å². The van der Waals surface area contributed by atoms with Gasteiger partial charge < -0.3 is 20.0 Å². The molecule has 58 heavy (non-hydrogen) atoms. The third-order valence-electron chi connectivity index (χ3n) is 9.37. The highest BCUT2D eigenvalue weighted by Gasteiger charge is 2.29. The largest absolute Gasteiger partial charge is 0.456 e. The lowest BCUT2D eigenvalue weighted by Crippen LogP contribution is -2.34. The first-order valence-corrected chi connectivity index (χ1v) is 18.0. The molecular weight excluding hydrogens is 739 g/mol. The minimum absolute atomic E-state index is 0.127. The van der Waals surface area contributed by atoms with Gasteiger partial charge in [-0.2, -0.15) is 0 Å². The lowest BCUT2D eigenvalue weighted by atomic mass is 9.90. The van der Waals surface area contributed by atoms with Crippen LogP contribution >= 0.6 is 0 Å². The summed E-state index contributed by atoms with van der Waals surface area (Å²) < 4.78 is 8.44. The molecule has 286 valence electrons. The Labute approximate surface area is 330 Å². The molecule has 4 amide bonds. The van der Waals surface area contributed by atoms with Gasteiger partial charge in [-0.25, -0.2) is 9.48 Å². The maximum Gasteiger partial charge on any atom is 0.258 e. The molecule has 3 aromatic heterocycles. The summed E-state index contributed by atoms with van der Waals surface area (Å²) in [5.41, 5.74) is 4.98. The minimum atomic E-state index is -0.615. The molecule has 16 heteroatoms. The Bertz CT molecular complexity index is 2820. The zero-order valence-electron chi connectivity index (χ0n) is 31.7. The van der Waals surface area contributed by atoms with Crippen molar-refractivity contribution in [2.45, 2.75) is 0 Å². The van der Waals surface area contributed by atoms with E-state index in [1.807, 2.05) is 74.1 Å². The van der Waals surface area contributed by atoms with Gasteiger partial charge in [0.25, 0.3) is 17.7 Å². The van der Waals surface area contributed by atoms with Crippen molar-refractivity contribution in [3.05, 3.63) is 120 Å². The third kappa shape index (κ3) is 7.24. The summed E-state index contributed by atoms with van der Waals surface area (Å²) in [7, 11) is 7.72. The van der Waals surface area contributed by atoms with E-state index in [4.69, 9.17) is 4.42 Å². The predicted molar refractivity (Wildman–Crippen MR) is 216 cm³/mol. The molecule has 2 N–H and O–H groups in total. The molecule has 5 heterocycles. The standard InChI is InChI=1S/C42H33N11O5/c1-51(2)25-9-13-29-34(20-25)58-35-21-26(52(3)4)10-14-30(35)39(29)28-12-11-27(53-37(55)16-17-38(53)56)19-31(28)42(57)45-23-36(54)46-24-8-15-33(44-22-24)41-49-47-40(48-50-41)32-7-5-6-18-43-32/h5-22H,23H2,1-4H3,(H-,43,45,46,49,50,54,57)/p+1. The number of hydrogen-bond acceptors (Lipinski definition) is 12. The van der Waals surface area contributed by atoms with Crippen LogP contribution in [0.15, 0.2) is 114 Å². The number of pyridine rings is 2. The molecule has 0 atom stereocenters. The van der Waals surface area contributed by atoms with E-state index in [1.54, 1.807) is 48.7 Å². The molecule has 16 nitrogen and oxygen atoms in total. The Morgan fingerprint density at radius 3 is 2.17 bits per heavy atom. The Hall–Kier alpha value is -8.01. The smallest absolute Gasteiger partial charge is 0.258 e. The molecule has 3 aliphatic rings. The molecule has 0 saturated carbocycles. The monoisotopic (exact) mass is 772 g/mol. The van der Waals surface area contributed by atoms with E-state index >= 15 is 0 Å². The molecule has 0 saturated heterocycles. The van der Waals surface area contributed by atoms with E-state index in [0.717, 1.165) is 26.9 Å². The molecule has 2 aromatic carbocycles. The normalized spacial score (nSPS) is 12.3. The molecular formula is C42H34N11O5+. The number of carbonyl (C=O) groups is 4. The van der Waals surface area contributed by atoms with Gasteiger partial charge in [-0.05, 0) is 60.2 Å². The molecule has 1 aliphatic carbocycles. The summed E-state index contributed by atoms with van der Waals surface area (Å²) in [6.45, 7) is -0.413. The number of rotatable bonds is 9. The highest BCUT2D eigenvalue weighted by Crippen LogP contribution is 2.43. The van der Waals surface area contributed by atoms with E-state index in [-0.39, 0.29) is 22.9 Å². The van der Waals surface area contributed by atoms with E-state index in [0.29, 0.717) is 39.5 Å². The SMILES string of the molecule is CN(C)c1ccc2c(-c3ccc(N4C(=O)C=CC4=O)cc3C(=O)NCC(=O)Nc3ccc(-c4nnc(-c5ccccn5)nn4)nc3)c3ccc(=[N+](C)C)cc-3oc2c1. The highest BCUT2D eigenvalue weighted by molar-refractivity contribution is 6.28. The third-order valence-corrected chi connectivity index (χ3v) is 9.37. The minimum Gasteiger partial charge on any atom is -0.456 e. The molecule has 8 rings (SSSR count). The fourth-order valence-corrected chi connectivity index (χ4v) is 6.44. The first-order chi connectivity index (χ1) is 28.0. The number of fused-ring (bicyclic) bond motifs is 2. The van der Waals surface area contributed by atoms with E-state index < -0.39 is 30.2 Å². The van der Waals surface area contributed by atoms with Gasteiger partial charge in [0.15, 0.2) is 0 Å². The number of nitrogens with zero attached hydrogens (tertiary/aromatic N) is 9. The second kappa shape index (κ2) is 15.3. The number of benzene rings is 3. The van der Waals surface area contributed by atoms with Crippen LogP contribution in [0, 0.1) is 0 Å². The Kier molecular flexibility index (Phi) is 9.72. The topological polar surface area (TPSA) is 192 Å². The Morgan fingerprint density at radius 1 is 0.793 bits per heavy atom. The van der Waals surface area contributed by atoms with Crippen LogP contribution in [0.3, 0.4) is 0 Å². The molecule has 0 radical (unpaired) electrons. The summed E-state index contributed by atoms with van der Waals surface area (Å²) in [4.78, 5) is 64.3. The van der Waals surface area contributed by atoms with Crippen molar-refractivity contribution < 1.29 is 23.6 Å². The highest BCUT2D eigenvalue weighted by atomic mass is 16.3. The van der Waals surface area contributed by atoms with Crippen molar-refractivity contribution in [2.24, 2.45) is 0 Å². The van der Waals surface area contributed by atoms with Gasteiger partial charge in [-0.3, -0.25) is 29.1 Å². The molecule has 0 fully saturated rings. The van der Waals surface area contributed by atoms with Crippen LogP contribution in [0.25, 0.3) is 56.5 Å². The van der Waals surface area contributed by atoms with Crippen molar-refractivity contribution in [1.29, 1.82) is 0 Å². The maximum atomic E-state index is 14.2. The lowest BCUT2D eigenvalue weighted by molar-refractivity contribution is -0.120. The summed E-state index contributed by atoms with van der Waals surface area (Å²) >= 11 is 0. The van der Waals surface area contributed by atoms with Crippen LogP contribution in [-0.4, -0.2) is 88.7 Å². The zero-order chi connectivity index (χ0) is 40.5. The molecule has 2 aliphatic heterocycles. The fraction of sp³-hybridized carbons (Fsp3) is 0.119. The van der Waals surface area contributed by atoms with Crippen LogP contribution < -0.4 is 30.4 Å². The summed E-state index contributed by atoms with van der Waals surface area (Å²) in [5.74, 6) is -1.20. The molecule has 5 aromatic rings. The van der Waals surface area contributed by atoms with Crippen molar-refractivity contribution in [2.75, 3.05) is 49.9 Å². The van der Waals surface area contributed by atoms with Gasteiger partial charge in [-0.1, -0.05) is 12.1 Å². The van der Waals surface area contributed by atoms with Gasteiger partial charge in [0.2, 0.25) is 22.9 Å². The zero-order valence-corrected chi connectivity index (χ0v) is 31.7. The number of aromatic nitrogens is 6. The number of amides is 4. The fourth-order valence-electron chi connectivity index (χ4n) is 6.44. The van der Waals surface area contributed by atoms with Crippen molar-refractivity contribution in [3.63, 3.8) is 0 Å². The van der Waals surface area contributed by atoms with Crippen molar-refractivity contribution in [3.8, 4) is 45.5 Å². The van der Waals surface area contributed by atoms with Crippen LogP contribution in [0.1, 0.15) is 10.4 Å². The average Bonchev–Trinajstić information content (AvgIpc) is 3.58. The molecule has 0 unspecified atom stereocenters. The van der Waals surface area contributed by atoms with E-state index in [2.05, 4.69) is 41.0 Å². The molecule has 0 bridgehead atoms. The summed E-state index contributed by atoms with van der Waals surface area (Å²) in [6.07, 6.45) is 5.39. The quantitative estimate of drug-likeness (QED) is 0.123.